The van der Waals surface area contributed by atoms with E-state index in [0.29, 0.717) is 6.54 Å². The Balaban J connectivity index is 1.73. The van der Waals surface area contributed by atoms with E-state index in [4.69, 9.17) is 0 Å². The van der Waals surface area contributed by atoms with Crippen molar-refractivity contribution in [1.29, 1.82) is 0 Å². The van der Waals surface area contributed by atoms with Gasteiger partial charge >= 0.3 is 0 Å². The highest BCUT2D eigenvalue weighted by molar-refractivity contribution is 5.78. The van der Waals surface area contributed by atoms with Crippen molar-refractivity contribution < 1.29 is 4.79 Å². The third-order valence-corrected chi connectivity index (χ3v) is 4.01. The number of carbonyl (C=O) groups is 1. The fourth-order valence-electron chi connectivity index (χ4n) is 2.65. The number of piperazine rings is 1. The van der Waals surface area contributed by atoms with Gasteiger partial charge in [-0.05, 0) is 38.7 Å². The van der Waals surface area contributed by atoms with E-state index < -0.39 is 0 Å². The van der Waals surface area contributed by atoms with Crippen LogP contribution in [0.15, 0.2) is 24.3 Å². The standard InChI is InChI=1S/C17H28N4O/c1-15-5-4-6-16(13-15)20-9-11-21(12-10-20)17(22)14-18-7-8-19(2)3/h4-6,13,18H,7-12,14H2,1-3H3. The smallest absolute Gasteiger partial charge is 0.236 e. The van der Waals surface area contributed by atoms with Crippen molar-refractivity contribution in [2.45, 2.75) is 6.92 Å². The normalized spacial score (nSPS) is 15.5. The second kappa shape index (κ2) is 8.15. The summed E-state index contributed by atoms with van der Waals surface area (Å²) in [5.74, 6) is 0.211. The highest BCUT2D eigenvalue weighted by Gasteiger charge is 2.20. The van der Waals surface area contributed by atoms with E-state index in [1.807, 2.05) is 19.0 Å². The first kappa shape index (κ1) is 16.8. The van der Waals surface area contributed by atoms with Crippen LogP contribution < -0.4 is 10.2 Å². The highest BCUT2D eigenvalue weighted by Crippen LogP contribution is 2.17. The molecule has 0 bridgehead atoms. The first-order valence-electron chi connectivity index (χ1n) is 8.01. The van der Waals surface area contributed by atoms with Crippen LogP contribution in [0.3, 0.4) is 0 Å². The maximum Gasteiger partial charge on any atom is 0.236 e. The molecule has 1 aliphatic rings. The van der Waals surface area contributed by atoms with Gasteiger partial charge in [-0.15, -0.1) is 0 Å². The van der Waals surface area contributed by atoms with Crippen LogP contribution in [0.1, 0.15) is 5.56 Å². The van der Waals surface area contributed by atoms with Crippen LogP contribution in [-0.2, 0) is 4.79 Å². The number of benzene rings is 1. The first-order valence-corrected chi connectivity index (χ1v) is 8.01. The Morgan fingerprint density at radius 2 is 1.95 bits per heavy atom. The number of anilines is 1. The molecule has 0 saturated carbocycles. The number of aryl methyl sites for hydroxylation is 1. The molecule has 1 N–H and O–H groups in total. The van der Waals surface area contributed by atoms with Crippen molar-refractivity contribution >= 4 is 11.6 Å². The van der Waals surface area contributed by atoms with Gasteiger partial charge in [-0.2, -0.15) is 0 Å². The maximum atomic E-state index is 12.2. The molecule has 0 radical (unpaired) electrons. The van der Waals surface area contributed by atoms with Crippen molar-refractivity contribution in [3.8, 4) is 0 Å². The Bertz CT molecular complexity index is 481. The summed E-state index contributed by atoms with van der Waals surface area (Å²) in [7, 11) is 4.07. The molecular weight excluding hydrogens is 276 g/mol. The molecule has 1 fully saturated rings. The SMILES string of the molecule is Cc1cccc(N2CCN(C(=O)CNCCN(C)C)CC2)c1. The van der Waals surface area contributed by atoms with Crippen LogP contribution in [0.5, 0.6) is 0 Å². The first-order chi connectivity index (χ1) is 10.6. The molecule has 1 aliphatic heterocycles. The van der Waals surface area contributed by atoms with E-state index in [2.05, 4.69) is 46.3 Å². The third kappa shape index (κ3) is 5.00. The van der Waals surface area contributed by atoms with Crippen molar-refractivity contribution in [2.24, 2.45) is 0 Å². The summed E-state index contributed by atoms with van der Waals surface area (Å²) in [4.78, 5) is 18.6. The molecule has 0 atom stereocenters. The Hall–Kier alpha value is -1.59. The number of amides is 1. The lowest BCUT2D eigenvalue weighted by atomic mass is 10.2. The molecule has 1 aromatic carbocycles. The number of carbonyl (C=O) groups excluding carboxylic acids is 1. The molecule has 1 aromatic rings. The lowest BCUT2D eigenvalue weighted by molar-refractivity contribution is -0.130. The van der Waals surface area contributed by atoms with Gasteiger partial charge < -0.3 is 20.0 Å². The monoisotopic (exact) mass is 304 g/mol. The lowest BCUT2D eigenvalue weighted by Crippen LogP contribution is -2.51. The van der Waals surface area contributed by atoms with Gasteiger partial charge in [0.1, 0.15) is 0 Å². The minimum absolute atomic E-state index is 0.211. The number of hydrogen-bond donors (Lipinski definition) is 1. The molecular formula is C17H28N4O. The summed E-state index contributed by atoms with van der Waals surface area (Å²) >= 11 is 0. The number of rotatable bonds is 6. The van der Waals surface area contributed by atoms with Gasteiger partial charge in [0.05, 0.1) is 6.54 Å². The van der Waals surface area contributed by atoms with Crippen LogP contribution in [0, 0.1) is 6.92 Å². The molecule has 5 nitrogen and oxygen atoms in total. The number of hydrogen-bond acceptors (Lipinski definition) is 4. The molecule has 2 rings (SSSR count). The molecule has 0 unspecified atom stereocenters. The van der Waals surface area contributed by atoms with E-state index in [0.717, 1.165) is 39.3 Å². The molecule has 0 spiro atoms. The molecule has 22 heavy (non-hydrogen) atoms. The van der Waals surface area contributed by atoms with Crippen LogP contribution in [0.2, 0.25) is 0 Å². The minimum Gasteiger partial charge on any atom is -0.368 e. The average Bonchev–Trinajstić information content (AvgIpc) is 2.51. The summed E-state index contributed by atoms with van der Waals surface area (Å²) < 4.78 is 0. The van der Waals surface area contributed by atoms with E-state index in [-0.39, 0.29) is 5.91 Å². The van der Waals surface area contributed by atoms with Gasteiger partial charge in [-0.3, -0.25) is 4.79 Å². The Morgan fingerprint density at radius 3 is 2.59 bits per heavy atom. The summed E-state index contributed by atoms with van der Waals surface area (Å²) in [6.45, 7) is 7.79. The quantitative estimate of drug-likeness (QED) is 0.789. The topological polar surface area (TPSA) is 38.8 Å². The fourth-order valence-corrected chi connectivity index (χ4v) is 2.65. The molecule has 1 amide bonds. The largest absolute Gasteiger partial charge is 0.368 e. The number of nitrogens with one attached hydrogen (secondary N) is 1. The number of nitrogens with zero attached hydrogens (tertiary/aromatic N) is 3. The molecule has 5 heteroatoms. The van der Waals surface area contributed by atoms with E-state index in [9.17, 15) is 4.79 Å². The van der Waals surface area contributed by atoms with Gasteiger partial charge in [-0.1, -0.05) is 12.1 Å². The molecule has 0 aromatic heterocycles. The molecule has 122 valence electrons. The Labute approximate surface area is 133 Å². The van der Waals surface area contributed by atoms with Gasteiger partial charge in [0, 0.05) is 45.0 Å². The fraction of sp³-hybridized carbons (Fsp3) is 0.588. The Morgan fingerprint density at radius 1 is 1.23 bits per heavy atom. The second-order valence-electron chi connectivity index (χ2n) is 6.19. The van der Waals surface area contributed by atoms with Crippen molar-refractivity contribution in [3.05, 3.63) is 29.8 Å². The van der Waals surface area contributed by atoms with Crippen molar-refractivity contribution in [2.75, 3.05) is 64.8 Å². The van der Waals surface area contributed by atoms with Gasteiger partial charge in [0.25, 0.3) is 0 Å². The van der Waals surface area contributed by atoms with Gasteiger partial charge in [0.2, 0.25) is 5.91 Å². The molecule has 1 heterocycles. The zero-order chi connectivity index (χ0) is 15.9. The Kier molecular flexibility index (Phi) is 6.21. The van der Waals surface area contributed by atoms with Crippen LogP contribution >= 0.6 is 0 Å². The number of likely N-dealkylation sites (N-methyl/N-ethyl adjacent to an activating group) is 1. The maximum absolute atomic E-state index is 12.2. The van der Waals surface area contributed by atoms with Gasteiger partial charge in [0.15, 0.2) is 0 Å². The molecule has 0 aliphatic carbocycles. The predicted molar refractivity (Wildman–Crippen MR) is 91.4 cm³/mol. The van der Waals surface area contributed by atoms with E-state index in [1.165, 1.54) is 11.3 Å². The molecule has 1 saturated heterocycles. The van der Waals surface area contributed by atoms with E-state index >= 15 is 0 Å². The average molecular weight is 304 g/mol. The third-order valence-electron chi connectivity index (χ3n) is 4.01. The van der Waals surface area contributed by atoms with E-state index in [1.54, 1.807) is 0 Å². The summed E-state index contributed by atoms with van der Waals surface area (Å²) in [6, 6.07) is 8.56. The van der Waals surface area contributed by atoms with Gasteiger partial charge in [-0.25, -0.2) is 0 Å². The van der Waals surface area contributed by atoms with Crippen LogP contribution in [-0.4, -0.2) is 75.6 Å². The minimum atomic E-state index is 0.211. The lowest BCUT2D eigenvalue weighted by Gasteiger charge is -2.36. The van der Waals surface area contributed by atoms with Crippen molar-refractivity contribution in [1.82, 2.24) is 15.1 Å². The predicted octanol–water partition coefficient (Wildman–Crippen LogP) is 0.795. The summed E-state index contributed by atoms with van der Waals surface area (Å²) in [5.41, 5.74) is 2.54. The second-order valence-corrected chi connectivity index (χ2v) is 6.19. The highest BCUT2D eigenvalue weighted by atomic mass is 16.2. The summed E-state index contributed by atoms with van der Waals surface area (Å²) in [6.07, 6.45) is 0. The van der Waals surface area contributed by atoms with Crippen LogP contribution in [0.4, 0.5) is 5.69 Å². The van der Waals surface area contributed by atoms with Crippen molar-refractivity contribution in [3.63, 3.8) is 0 Å². The van der Waals surface area contributed by atoms with Crippen LogP contribution in [0.25, 0.3) is 0 Å². The zero-order valence-electron chi connectivity index (χ0n) is 14.0. The summed E-state index contributed by atoms with van der Waals surface area (Å²) in [5, 5.41) is 3.22. The zero-order valence-corrected chi connectivity index (χ0v) is 14.0.